The van der Waals surface area contributed by atoms with E-state index in [4.69, 9.17) is 4.74 Å². The van der Waals surface area contributed by atoms with Crippen LogP contribution in [0.3, 0.4) is 0 Å². The Labute approximate surface area is 131 Å². The van der Waals surface area contributed by atoms with E-state index in [2.05, 4.69) is 10.2 Å². The molecule has 1 unspecified atom stereocenters. The van der Waals surface area contributed by atoms with E-state index in [1.807, 2.05) is 37.3 Å². The number of morpholine rings is 1. The Kier molecular flexibility index (Phi) is 7.06. The standard InChI is InChI=1S/C16H24N2O2S/c1-14(21-15-6-3-2-4-7-15)16(19)17-8-5-9-18-10-12-20-13-11-18/h2-4,6-7,14H,5,8-13H2,1H3,(H,17,19). The number of nitrogens with one attached hydrogen (secondary N) is 1. The maximum Gasteiger partial charge on any atom is 0.233 e. The molecule has 21 heavy (non-hydrogen) atoms. The number of hydrogen-bond donors (Lipinski definition) is 1. The SMILES string of the molecule is CC(Sc1ccccc1)C(=O)NCCCN1CCOCC1. The van der Waals surface area contributed by atoms with Crippen LogP contribution in [0.4, 0.5) is 0 Å². The zero-order valence-corrected chi connectivity index (χ0v) is 13.4. The van der Waals surface area contributed by atoms with E-state index >= 15 is 0 Å². The molecular formula is C16H24N2O2S. The predicted molar refractivity (Wildman–Crippen MR) is 86.6 cm³/mol. The Bertz CT molecular complexity index is 422. The molecule has 0 radical (unpaired) electrons. The molecule has 116 valence electrons. The van der Waals surface area contributed by atoms with Crippen LogP contribution in [0.15, 0.2) is 35.2 Å². The van der Waals surface area contributed by atoms with Gasteiger partial charge in [0, 0.05) is 24.5 Å². The lowest BCUT2D eigenvalue weighted by Gasteiger charge is -2.26. The van der Waals surface area contributed by atoms with Gasteiger partial charge < -0.3 is 10.1 Å². The highest BCUT2D eigenvalue weighted by Crippen LogP contribution is 2.22. The van der Waals surface area contributed by atoms with E-state index in [1.54, 1.807) is 11.8 Å². The van der Waals surface area contributed by atoms with Crippen LogP contribution in [0.1, 0.15) is 13.3 Å². The number of nitrogens with zero attached hydrogens (tertiary/aromatic N) is 1. The number of carbonyl (C=O) groups is 1. The van der Waals surface area contributed by atoms with Crippen LogP contribution in [-0.2, 0) is 9.53 Å². The third-order valence-electron chi connectivity index (χ3n) is 3.48. The monoisotopic (exact) mass is 308 g/mol. The maximum absolute atomic E-state index is 12.0. The van der Waals surface area contributed by atoms with Gasteiger partial charge in [0.05, 0.1) is 18.5 Å². The number of benzene rings is 1. The molecule has 1 atom stereocenters. The summed E-state index contributed by atoms with van der Waals surface area (Å²) in [4.78, 5) is 15.6. The summed E-state index contributed by atoms with van der Waals surface area (Å²) in [5.41, 5.74) is 0. The van der Waals surface area contributed by atoms with Gasteiger partial charge in [-0.1, -0.05) is 18.2 Å². The fourth-order valence-electron chi connectivity index (χ4n) is 2.24. The molecule has 0 spiro atoms. The van der Waals surface area contributed by atoms with Gasteiger partial charge in [-0.25, -0.2) is 0 Å². The van der Waals surface area contributed by atoms with E-state index in [1.165, 1.54) is 0 Å². The van der Waals surface area contributed by atoms with Crippen molar-refractivity contribution >= 4 is 17.7 Å². The zero-order chi connectivity index (χ0) is 14.9. The first-order valence-corrected chi connectivity index (χ1v) is 8.43. The highest BCUT2D eigenvalue weighted by molar-refractivity contribution is 8.00. The maximum atomic E-state index is 12.0. The molecule has 0 saturated carbocycles. The van der Waals surface area contributed by atoms with E-state index in [0.717, 1.165) is 50.7 Å². The van der Waals surface area contributed by atoms with E-state index < -0.39 is 0 Å². The summed E-state index contributed by atoms with van der Waals surface area (Å²) < 4.78 is 5.32. The Morgan fingerprint density at radius 2 is 2.05 bits per heavy atom. The number of carbonyl (C=O) groups excluding carboxylic acids is 1. The normalized spacial score (nSPS) is 17.4. The molecule has 1 heterocycles. The number of amides is 1. The molecule has 0 aromatic heterocycles. The fraction of sp³-hybridized carbons (Fsp3) is 0.562. The van der Waals surface area contributed by atoms with E-state index in [-0.39, 0.29) is 11.2 Å². The van der Waals surface area contributed by atoms with Crippen LogP contribution in [0.25, 0.3) is 0 Å². The molecule has 1 fully saturated rings. The second-order valence-electron chi connectivity index (χ2n) is 5.17. The molecule has 1 N–H and O–H groups in total. The Balaban J connectivity index is 1.60. The summed E-state index contributed by atoms with van der Waals surface area (Å²) in [7, 11) is 0. The second-order valence-corrected chi connectivity index (χ2v) is 6.59. The van der Waals surface area contributed by atoms with Gasteiger partial charge in [0.15, 0.2) is 0 Å². The first kappa shape index (κ1) is 16.3. The predicted octanol–water partition coefficient (Wildman–Crippen LogP) is 2.01. The average molecular weight is 308 g/mol. The van der Waals surface area contributed by atoms with Crippen molar-refractivity contribution < 1.29 is 9.53 Å². The lowest BCUT2D eigenvalue weighted by molar-refractivity contribution is -0.120. The van der Waals surface area contributed by atoms with Gasteiger partial charge in [0.1, 0.15) is 0 Å². The highest BCUT2D eigenvalue weighted by atomic mass is 32.2. The molecule has 5 heteroatoms. The Morgan fingerprint density at radius 3 is 2.76 bits per heavy atom. The van der Waals surface area contributed by atoms with Crippen molar-refractivity contribution in [3.63, 3.8) is 0 Å². The van der Waals surface area contributed by atoms with Crippen LogP contribution in [0.2, 0.25) is 0 Å². The molecular weight excluding hydrogens is 284 g/mol. The molecule has 1 saturated heterocycles. The van der Waals surface area contributed by atoms with Crippen molar-refractivity contribution in [1.29, 1.82) is 0 Å². The molecule has 0 bridgehead atoms. The molecule has 1 aromatic carbocycles. The Morgan fingerprint density at radius 1 is 1.33 bits per heavy atom. The molecule has 2 rings (SSSR count). The number of rotatable bonds is 7. The van der Waals surface area contributed by atoms with Gasteiger partial charge in [0.25, 0.3) is 0 Å². The third kappa shape index (κ3) is 6.08. The average Bonchev–Trinajstić information content (AvgIpc) is 2.53. The minimum Gasteiger partial charge on any atom is -0.379 e. The third-order valence-corrected chi connectivity index (χ3v) is 4.59. The topological polar surface area (TPSA) is 41.6 Å². The van der Waals surface area contributed by atoms with Gasteiger partial charge >= 0.3 is 0 Å². The van der Waals surface area contributed by atoms with Crippen molar-refractivity contribution in [3.8, 4) is 0 Å². The number of ether oxygens (including phenoxy) is 1. The molecule has 1 amide bonds. The van der Waals surface area contributed by atoms with Crippen LogP contribution in [-0.4, -0.2) is 55.4 Å². The number of thioether (sulfide) groups is 1. The van der Waals surface area contributed by atoms with Crippen molar-refractivity contribution in [2.45, 2.75) is 23.5 Å². The fourth-order valence-corrected chi connectivity index (χ4v) is 3.15. The summed E-state index contributed by atoms with van der Waals surface area (Å²) in [5.74, 6) is 0.117. The second kappa shape index (κ2) is 9.07. The van der Waals surface area contributed by atoms with E-state index in [0.29, 0.717) is 0 Å². The van der Waals surface area contributed by atoms with Crippen LogP contribution in [0.5, 0.6) is 0 Å². The first-order chi connectivity index (χ1) is 10.3. The summed E-state index contributed by atoms with van der Waals surface area (Å²) >= 11 is 1.60. The zero-order valence-electron chi connectivity index (χ0n) is 12.6. The van der Waals surface area contributed by atoms with Crippen molar-refractivity contribution in [3.05, 3.63) is 30.3 Å². The largest absolute Gasteiger partial charge is 0.379 e. The molecule has 1 aliphatic rings. The highest BCUT2D eigenvalue weighted by Gasteiger charge is 2.14. The molecule has 1 aliphatic heterocycles. The summed E-state index contributed by atoms with van der Waals surface area (Å²) in [5, 5.41) is 2.97. The van der Waals surface area contributed by atoms with Crippen LogP contribution < -0.4 is 5.32 Å². The van der Waals surface area contributed by atoms with E-state index in [9.17, 15) is 4.79 Å². The number of hydrogen-bond acceptors (Lipinski definition) is 4. The summed E-state index contributed by atoms with van der Waals surface area (Å²) in [6.45, 7) is 7.41. The quantitative estimate of drug-likeness (QED) is 0.618. The van der Waals surface area contributed by atoms with Gasteiger partial charge in [0.2, 0.25) is 5.91 Å². The van der Waals surface area contributed by atoms with Crippen LogP contribution in [0, 0.1) is 0 Å². The lowest BCUT2D eigenvalue weighted by Crippen LogP contribution is -2.38. The van der Waals surface area contributed by atoms with Gasteiger partial charge in [-0.2, -0.15) is 0 Å². The van der Waals surface area contributed by atoms with Gasteiger partial charge in [-0.05, 0) is 32.0 Å². The smallest absolute Gasteiger partial charge is 0.233 e. The molecule has 1 aromatic rings. The molecule has 0 aliphatic carbocycles. The van der Waals surface area contributed by atoms with Crippen molar-refractivity contribution in [2.24, 2.45) is 0 Å². The Hall–Kier alpha value is -1.04. The van der Waals surface area contributed by atoms with Crippen LogP contribution >= 0.6 is 11.8 Å². The first-order valence-electron chi connectivity index (χ1n) is 7.55. The van der Waals surface area contributed by atoms with Gasteiger partial charge in [-0.3, -0.25) is 9.69 Å². The summed E-state index contributed by atoms with van der Waals surface area (Å²) in [6, 6.07) is 10.0. The summed E-state index contributed by atoms with van der Waals surface area (Å²) in [6.07, 6.45) is 0.995. The van der Waals surface area contributed by atoms with Crippen molar-refractivity contribution in [1.82, 2.24) is 10.2 Å². The molecule has 4 nitrogen and oxygen atoms in total. The van der Waals surface area contributed by atoms with Crippen molar-refractivity contribution in [2.75, 3.05) is 39.4 Å². The minimum absolute atomic E-state index is 0.0595. The minimum atomic E-state index is -0.0595. The lowest BCUT2D eigenvalue weighted by atomic mass is 10.3. The van der Waals surface area contributed by atoms with Gasteiger partial charge in [-0.15, -0.1) is 11.8 Å².